The summed E-state index contributed by atoms with van der Waals surface area (Å²) >= 11 is 0. The minimum Gasteiger partial charge on any atom is -0.269 e. The molecule has 0 spiro atoms. The lowest BCUT2D eigenvalue weighted by atomic mass is 9.83. The first kappa shape index (κ1) is 18.4. The molecule has 0 bridgehead atoms. The van der Waals surface area contributed by atoms with Crippen LogP contribution in [0.2, 0.25) is 0 Å². The molecule has 0 atom stereocenters. The highest BCUT2D eigenvalue weighted by Crippen LogP contribution is 2.38. The Morgan fingerprint density at radius 3 is 2.56 bits per heavy atom. The Morgan fingerprint density at radius 2 is 1.78 bits per heavy atom. The Morgan fingerprint density at radius 1 is 1.00 bits per heavy atom. The third kappa shape index (κ3) is 3.98. The molecule has 0 radical (unpaired) electrons. The Labute approximate surface area is 157 Å². The van der Waals surface area contributed by atoms with Crippen molar-refractivity contribution in [2.45, 2.75) is 57.2 Å². The topological polar surface area (TPSA) is 12.5 Å². The summed E-state index contributed by atoms with van der Waals surface area (Å²) in [5, 5.41) is 1.71. The molecule has 0 unspecified atom stereocenters. The Bertz CT molecular complexity index is 796. The number of fused-ring (bicyclic) bond motifs is 1. The van der Waals surface area contributed by atoms with Gasteiger partial charge in [0, 0.05) is 6.54 Å². The Kier molecular flexibility index (Phi) is 5.13. The van der Waals surface area contributed by atoms with Gasteiger partial charge in [-0.2, -0.15) is 13.2 Å². The predicted octanol–water partition coefficient (Wildman–Crippen LogP) is 6.25. The molecule has 1 fully saturated rings. The summed E-state index contributed by atoms with van der Waals surface area (Å²) in [7, 11) is 0. The van der Waals surface area contributed by atoms with Gasteiger partial charge in [0.2, 0.25) is 0 Å². The van der Waals surface area contributed by atoms with Crippen molar-refractivity contribution in [1.82, 2.24) is 0 Å². The number of rotatable bonds is 4. The van der Waals surface area contributed by atoms with E-state index in [0.717, 1.165) is 43.4 Å². The van der Waals surface area contributed by atoms with Crippen LogP contribution in [0.4, 0.5) is 18.9 Å². The molecular weight excluding hydrogens is 351 g/mol. The fourth-order valence-corrected chi connectivity index (χ4v) is 4.26. The molecular formula is C22H24F3NO. The lowest BCUT2D eigenvalue weighted by molar-refractivity contribution is -0.139. The van der Waals surface area contributed by atoms with E-state index >= 15 is 0 Å². The molecule has 1 aliphatic carbocycles. The maximum Gasteiger partial charge on any atom is 0.416 e. The average Bonchev–Trinajstić information content (AvgIpc) is 3.09. The second kappa shape index (κ2) is 7.55. The molecule has 144 valence electrons. The van der Waals surface area contributed by atoms with E-state index in [1.165, 1.54) is 18.1 Å². The van der Waals surface area contributed by atoms with Crippen LogP contribution < -0.4 is 5.06 Å². The highest BCUT2D eigenvalue weighted by molar-refractivity contribution is 5.55. The van der Waals surface area contributed by atoms with Crippen LogP contribution >= 0.6 is 0 Å². The van der Waals surface area contributed by atoms with E-state index < -0.39 is 11.7 Å². The molecule has 0 aromatic heterocycles. The van der Waals surface area contributed by atoms with Crippen LogP contribution in [-0.2, 0) is 24.0 Å². The predicted molar refractivity (Wildman–Crippen MR) is 99.6 cm³/mol. The minimum atomic E-state index is -4.37. The Balaban J connectivity index is 1.53. The number of hydrogen-bond acceptors (Lipinski definition) is 2. The quantitative estimate of drug-likeness (QED) is 0.626. The fourth-order valence-electron chi connectivity index (χ4n) is 4.26. The van der Waals surface area contributed by atoms with Crippen molar-refractivity contribution in [2.24, 2.45) is 0 Å². The van der Waals surface area contributed by atoms with Crippen molar-refractivity contribution < 1.29 is 18.0 Å². The lowest BCUT2D eigenvalue weighted by Gasteiger charge is -2.24. The van der Waals surface area contributed by atoms with Gasteiger partial charge >= 0.3 is 6.18 Å². The molecule has 1 saturated carbocycles. The van der Waals surface area contributed by atoms with Crippen molar-refractivity contribution in [3.8, 4) is 0 Å². The molecule has 0 amide bonds. The number of benzene rings is 2. The van der Waals surface area contributed by atoms with Crippen LogP contribution in [0.25, 0.3) is 0 Å². The van der Waals surface area contributed by atoms with Crippen LogP contribution in [0, 0.1) is 0 Å². The zero-order valence-electron chi connectivity index (χ0n) is 15.3. The van der Waals surface area contributed by atoms with E-state index in [9.17, 15) is 13.2 Å². The van der Waals surface area contributed by atoms with Crippen LogP contribution in [0.1, 0.15) is 60.3 Å². The van der Waals surface area contributed by atoms with E-state index in [1.54, 1.807) is 11.1 Å². The normalized spacial score (nSPS) is 18.0. The first-order chi connectivity index (χ1) is 13.0. The number of hydroxylamine groups is 1. The van der Waals surface area contributed by atoms with Crippen molar-refractivity contribution in [3.63, 3.8) is 0 Å². The van der Waals surface area contributed by atoms with E-state index in [2.05, 4.69) is 0 Å². The summed E-state index contributed by atoms with van der Waals surface area (Å²) in [5.74, 6) is 0.250. The molecule has 27 heavy (non-hydrogen) atoms. The summed E-state index contributed by atoms with van der Waals surface area (Å²) in [6, 6.07) is 12.7. The summed E-state index contributed by atoms with van der Waals surface area (Å²) < 4.78 is 41.0. The van der Waals surface area contributed by atoms with Gasteiger partial charge in [-0.25, -0.2) is 0 Å². The molecule has 5 heteroatoms. The van der Waals surface area contributed by atoms with E-state index in [4.69, 9.17) is 4.84 Å². The number of halogens is 3. The molecule has 1 heterocycles. The van der Waals surface area contributed by atoms with Gasteiger partial charge in [0.1, 0.15) is 6.61 Å². The monoisotopic (exact) mass is 375 g/mol. The van der Waals surface area contributed by atoms with Crippen LogP contribution in [0.3, 0.4) is 0 Å². The number of para-hydroxylation sites is 1. The van der Waals surface area contributed by atoms with Crippen LogP contribution in [-0.4, -0.2) is 6.54 Å². The van der Waals surface area contributed by atoms with Crippen molar-refractivity contribution in [1.29, 1.82) is 0 Å². The van der Waals surface area contributed by atoms with Gasteiger partial charge in [0.15, 0.2) is 0 Å². The third-order valence-electron chi connectivity index (χ3n) is 5.74. The summed E-state index contributed by atoms with van der Waals surface area (Å²) in [6.07, 6.45) is 1.84. The summed E-state index contributed by atoms with van der Waals surface area (Å²) in [5.41, 5.74) is 2.58. The number of hydrogen-bond donors (Lipinski definition) is 0. The molecule has 2 aromatic carbocycles. The van der Waals surface area contributed by atoms with E-state index in [0.29, 0.717) is 6.54 Å². The second-order valence-corrected chi connectivity index (χ2v) is 7.50. The molecule has 2 aliphatic rings. The molecule has 0 saturated heterocycles. The highest BCUT2D eigenvalue weighted by atomic mass is 19.4. The Hall–Kier alpha value is -2.01. The van der Waals surface area contributed by atoms with Gasteiger partial charge in [-0.05, 0) is 54.0 Å². The van der Waals surface area contributed by atoms with Gasteiger partial charge in [-0.3, -0.25) is 9.90 Å². The van der Waals surface area contributed by atoms with Gasteiger partial charge in [0.05, 0.1) is 11.3 Å². The van der Waals surface area contributed by atoms with Gasteiger partial charge in [-0.15, -0.1) is 0 Å². The van der Waals surface area contributed by atoms with Crippen LogP contribution in [0.15, 0.2) is 42.5 Å². The standard InChI is InChI=1S/C22H24F3NO/c23-22(24,25)20-14-18(16-6-2-1-3-7-16)10-11-19(20)15-27-26-13-12-17-8-4-5-9-21(17)26/h4-5,8-11,14,16H,1-3,6-7,12-13,15H2. The SMILES string of the molecule is FC(F)(F)c1cc(C2CCCCC2)ccc1CON1CCc2ccccc21. The number of nitrogens with zero attached hydrogens (tertiary/aromatic N) is 1. The minimum absolute atomic E-state index is 0.0753. The lowest BCUT2D eigenvalue weighted by Crippen LogP contribution is -2.22. The maximum atomic E-state index is 13.7. The highest BCUT2D eigenvalue weighted by Gasteiger charge is 2.34. The van der Waals surface area contributed by atoms with Gasteiger partial charge in [0.25, 0.3) is 0 Å². The maximum absolute atomic E-state index is 13.7. The van der Waals surface area contributed by atoms with Gasteiger partial charge < -0.3 is 0 Å². The second-order valence-electron chi connectivity index (χ2n) is 7.50. The largest absolute Gasteiger partial charge is 0.416 e. The zero-order chi connectivity index (χ0) is 18.9. The van der Waals surface area contributed by atoms with E-state index in [1.807, 2.05) is 30.3 Å². The number of anilines is 1. The number of alkyl halides is 3. The molecule has 0 N–H and O–H groups in total. The fraction of sp³-hybridized carbons (Fsp3) is 0.455. The first-order valence-corrected chi connectivity index (χ1v) is 9.71. The van der Waals surface area contributed by atoms with Crippen molar-refractivity contribution >= 4 is 5.69 Å². The molecule has 2 nitrogen and oxygen atoms in total. The average molecular weight is 375 g/mol. The molecule has 4 rings (SSSR count). The molecule has 2 aromatic rings. The van der Waals surface area contributed by atoms with Crippen LogP contribution in [0.5, 0.6) is 0 Å². The zero-order valence-corrected chi connectivity index (χ0v) is 15.3. The third-order valence-corrected chi connectivity index (χ3v) is 5.74. The smallest absolute Gasteiger partial charge is 0.269 e. The molecule has 1 aliphatic heterocycles. The van der Waals surface area contributed by atoms with Crippen molar-refractivity contribution in [2.75, 3.05) is 11.6 Å². The summed E-state index contributed by atoms with van der Waals surface area (Å²) in [6.45, 7) is 0.592. The van der Waals surface area contributed by atoms with E-state index in [-0.39, 0.29) is 18.1 Å². The summed E-state index contributed by atoms with van der Waals surface area (Å²) in [4.78, 5) is 5.77. The van der Waals surface area contributed by atoms with Gasteiger partial charge in [-0.1, -0.05) is 49.6 Å². The van der Waals surface area contributed by atoms with Crippen molar-refractivity contribution in [3.05, 3.63) is 64.7 Å². The first-order valence-electron chi connectivity index (χ1n) is 9.71.